The standard InChI is InChI=1S/C8H11NO3Si/c1-13(2,12)8-5-3-7(4-6-8)9(10)11/h3-6,12H,1-2H3. The summed E-state index contributed by atoms with van der Waals surface area (Å²) in [7, 11) is -2.31. The number of nitrogens with zero attached hydrogens (tertiary/aromatic N) is 1. The highest BCUT2D eigenvalue weighted by atomic mass is 28.4. The van der Waals surface area contributed by atoms with Crippen molar-refractivity contribution in [1.82, 2.24) is 0 Å². The van der Waals surface area contributed by atoms with Crippen LogP contribution in [-0.4, -0.2) is 18.0 Å². The second-order valence-corrected chi connectivity index (χ2v) is 7.06. The van der Waals surface area contributed by atoms with Crippen LogP contribution in [0, 0.1) is 10.1 Å². The van der Waals surface area contributed by atoms with Crippen molar-refractivity contribution in [3.05, 3.63) is 34.4 Å². The maximum atomic E-state index is 10.3. The van der Waals surface area contributed by atoms with Gasteiger partial charge in [0.1, 0.15) is 0 Å². The molecule has 1 rings (SSSR count). The summed E-state index contributed by atoms with van der Waals surface area (Å²) >= 11 is 0. The van der Waals surface area contributed by atoms with Gasteiger partial charge in [0.05, 0.1) is 4.92 Å². The van der Waals surface area contributed by atoms with Crippen molar-refractivity contribution in [3.8, 4) is 0 Å². The molecule has 0 aliphatic rings. The first kappa shape index (κ1) is 9.88. The summed E-state index contributed by atoms with van der Waals surface area (Å²) in [6, 6.07) is 6.06. The SMILES string of the molecule is C[Si](C)(O)c1ccc([N+](=O)[O-])cc1. The van der Waals surface area contributed by atoms with Crippen LogP contribution in [0.2, 0.25) is 13.1 Å². The van der Waals surface area contributed by atoms with Crippen LogP contribution < -0.4 is 5.19 Å². The lowest BCUT2D eigenvalue weighted by atomic mass is 10.3. The van der Waals surface area contributed by atoms with E-state index in [9.17, 15) is 14.9 Å². The molecule has 0 amide bonds. The fraction of sp³-hybridized carbons (Fsp3) is 0.250. The summed E-state index contributed by atoms with van der Waals surface area (Å²) in [6.45, 7) is 3.54. The van der Waals surface area contributed by atoms with Crippen LogP contribution in [0.25, 0.3) is 0 Å². The van der Waals surface area contributed by atoms with Gasteiger partial charge in [-0.05, 0) is 18.3 Å². The molecule has 0 aliphatic carbocycles. The quantitative estimate of drug-likeness (QED) is 0.437. The molecule has 1 N–H and O–H groups in total. The Kier molecular flexibility index (Phi) is 2.49. The molecule has 0 heterocycles. The number of nitro benzene ring substituents is 1. The van der Waals surface area contributed by atoms with Crippen LogP contribution in [0.15, 0.2) is 24.3 Å². The summed E-state index contributed by atoms with van der Waals surface area (Å²) < 4.78 is 0. The van der Waals surface area contributed by atoms with Gasteiger partial charge >= 0.3 is 0 Å². The number of hydrogen-bond donors (Lipinski definition) is 1. The van der Waals surface area contributed by atoms with Gasteiger partial charge in [-0.15, -0.1) is 0 Å². The Morgan fingerprint density at radius 1 is 1.31 bits per heavy atom. The molecule has 4 nitrogen and oxygen atoms in total. The van der Waals surface area contributed by atoms with E-state index in [1.807, 2.05) is 0 Å². The number of hydrogen-bond acceptors (Lipinski definition) is 3. The van der Waals surface area contributed by atoms with Crippen molar-refractivity contribution in [2.24, 2.45) is 0 Å². The average molecular weight is 197 g/mol. The predicted octanol–water partition coefficient (Wildman–Crippen LogP) is 0.999. The first-order chi connectivity index (χ1) is 5.91. The van der Waals surface area contributed by atoms with Crippen LogP contribution in [0.4, 0.5) is 5.69 Å². The van der Waals surface area contributed by atoms with Gasteiger partial charge in [0.15, 0.2) is 0 Å². The van der Waals surface area contributed by atoms with Crippen molar-refractivity contribution in [3.63, 3.8) is 0 Å². The van der Waals surface area contributed by atoms with Gasteiger partial charge in [-0.2, -0.15) is 0 Å². The molecule has 1 aromatic carbocycles. The zero-order valence-corrected chi connectivity index (χ0v) is 8.52. The van der Waals surface area contributed by atoms with E-state index in [0.29, 0.717) is 0 Å². The van der Waals surface area contributed by atoms with Crippen molar-refractivity contribution in [2.75, 3.05) is 0 Å². The van der Waals surface area contributed by atoms with E-state index in [4.69, 9.17) is 0 Å². The van der Waals surface area contributed by atoms with Crippen LogP contribution in [0.3, 0.4) is 0 Å². The van der Waals surface area contributed by atoms with E-state index in [1.54, 1.807) is 25.2 Å². The van der Waals surface area contributed by atoms with Gasteiger partial charge in [0.25, 0.3) is 5.69 Å². The fourth-order valence-electron chi connectivity index (χ4n) is 0.991. The number of rotatable bonds is 2. The highest BCUT2D eigenvalue weighted by Crippen LogP contribution is 2.09. The summed E-state index contributed by atoms with van der Waals surface area (Å²) in [4.78, 5) is 19.6. The summed E-state index contributed by atoms with van der Waals surface area (Å²) in [5.74, 6) is 0. The van der Waals surface area contributed by atoms with E-state index < -0.39 is 13.2 Å². The van der Waals surface area contributed by atoms with E-state index in [2.05, 4.69) is 0 Å². The Morgan fingerprint density at radius 2 is 1.77 bits per heavy atom. The van der Waals surface area contributed by atoms with Gasteiger partial charge in [0, 0.05) is 12.1 Å². The molecule has 0 atom stereocenters. The lowest BCUT2D eigenvalue weighted by molar-refractivity contribution is -0.384. The molecule has 0 aromatic heterocycles. The minimum Gasteiger partial charge on any atom is -0.428 e. The van der Waals surface area contributed by atoms with Crippen LogP contribution in [0.1, 0.15) is 0 Å². The molecule has 0 aliphatic heterocycles. The zero-order chi connectivity index (χ0) is 10.1. The van der Waals surface area contributed by atoms with Gasteiger partial charge in [-0.3, -0.25) is 10.1 Å². The van der Waals surface area contributed by atoms with Gasteiger partial charge < -0.3 is 4.80 Å². The molecular formula is C8H11NO3Si. The van der Waals surface area contributed by atoms with Crippen LogP contribution in [0.5, 0.6) is 0 Å². The average Bonchev–Trinajstić information content (AvgIpc) is 2.03. The molecule has 70 valence electrons. The largest absolute Gasteiger partial charge is 0.428 e. The summed E-state index contributed by atoms with van der Waals surface area (Å²) in [5, 5.41) is 11.1. The first-order valence-electron chi connectivity index (χ1n) is 3.88. The second-order valence-electron chi connectivity index (χ2n) is 3.36. The second kappa shape index (κ2) is 3.27. The number of non-ortho nitro benzene ring substituents is 1. The molecule has 1 aromatic rings. The maximum Gasteiger partial charge on any atom is 0.269 e. The van der Waals surface area contributed by atoms with Crippen molar-refractivity contribution < 1.29 is 9.72 Å². The lowest BCUT2D eigenvalue weighted by Crippen LogP contribution is -2.41. The summed E-state index contributed by atoms with van der Waals surface area (Å²) in [6.07, 6.45) is 0. The van der Waals surface area contributed by atoms with Crippen molar-refractivity contribution in [2.45, 2.75) is 13.1 Å². The van der Waals surface area contributed by atoms with E-state index in [-0.39, 0.29) is 5.69 Å². The molecule has 0 unspecified atom stereocenters. The van der Waals surface area contributed by atoms with Gasteiger partial charge in [-0.25, -0.2) is 0 Å². The minimum absolute atomic E-state index is 0.0574. The molecular weight excluding hydrogens is 186 g/mol. The Balaban J connectivity index is 3.01. The van der Waals surface area contributed by atoms with Gasteiger partial charge in [0.2, 0.25) is 8.32 Å². The topological polar surface area (TPSA) is 63.4 Å². The smallest absolute Gasteiger partial charge is 0.269 e. The number of benzene rings is 1. The Bertz CT molecular complexity index is 315. The van der Waals surface area contributed by atoms with E-state index in [1.165, 1.54) is 12.1 Å². The molecule has 0 saturated heterocycles. The third-order valence-electron chi connectivity index (χ3n) is 1.78. The van der Waals surface area contributed by atoms with Crippen molar-refractivity contribution >= 4 is 19.2 Å². The summed E-state index contributed by atoms with van der Waals surface area (Å²) in [5.41, 5.74) is 0.0574. The normalized spacial score (nSPS) is 11.3. The molecule has 0 saturated carbocycles. The Morgan fingerprint density at radius 3 is 2.08 bits per heavy atom. The van der Waals surface area contributed by atoms with E-state index in [0.717, 1.165) is 5.19 Å². The van der Waals surface area contributed by atoms with Crippen molar-refractivity contribution in [1.29, 1.82) is 0 Å². The number of nitro groups is 1. The third kappa shape index (κ3) is 2.36. The predicted molar refractivity (Wildman–Crippen MR) is 52.4 cm³/mol. The molecule has 0 spiro atoms. The molecule has 0 radical (unpaired) electrons. The van der Waals surface area contributed by atoms with E-state index >= 15 is 0 Å². The molecule has 0 fully saturated rings. The Hall–Kier alpha value is -1.20. The fourth-order valence-corrected chi connectivity index (χ4v) is 1.97. The molecule has 0 bridgehead atoms. The first-order valence-corrected chi connectivity index (χ1v) is 6.83. The monoisotopic (exact) mass is 197 g/mol. The highest BCUT2D eigenvalue weighted by Gasteiger charge is 2.20. The minimum atomic E-state index is -2.31. The molecule has 13 heavy (non-hydrogen) atoms. The third-order valence-corrected chi connectivity index (χ3v) is 3.53. The lowest BCUT2D eigenvalue weighted by Gasteiger charge is -2.13. The van der Waals surface area contributed by atoms with Crippen LogP contribution in [-0.2, 0) is 0 Å². The zero-order valence-electron chi connectivity index (χ0n) is 7.52. The van der Waals surface area contributed by atoms with Gasteiger partial charge in [-0.1, -0.05) is 12.1 Å². The highest BCUT2D eigenvalue weighted by molar-refractivity contribution is 6.83. The van der Waals surface area contributed by atoms with Crippen LogP contribution >= 0.6 is 0 Å². The maximum absolute atomic E-state index is 10.3. The molecule has 5 heteroatoms. The Labute approximate surface area is 77.1 Å².